The summed E-state index contributed by atoms with van der Waals surface area (Å²) in [7, 11) is -3.88. The Morgan fingerprint density at radius 2 is 2.18 bits per heavy atom. The van der Waals surface area contributed by atoms with E-state index in [0.29, 0.717) is 12.8 Å². The molecule has 2 rings (SSSR count). The molecule has 8 heteroatoms. The van der Waals surface area contributed by atoms with Crippen molar-refractivity contribution in [3.05, 3.63) is 16.3 Å². The van der Waals surface area contributed by atoms with E-state index in [1.54, 1.807) is 0 Å². The highest BCUT2D eigenvalue weighted by atomic mass is 32.2. The molecule has 1 saturated carbocycles. The van der Waals surface area contributed by atoms with Gasteiger partial charge in [0.05, 0.1) is 12.1 Å². The Labute approximate surface area is 102 Å². The molecule has 6 nitrogen and oxygen atoms in total. The summed E-state index contributed by atoms with van der Waals surface area (Å²) in [6.07, 6.45) is 1.13. The second-order valence-corrected chi connectivity index (χ2v) is 6.53. The van der Waals surface area contributed by atoms with Crippen LogP contribution in [0.3, 0.4) is 0 Å². The molecule has 0 amide bonds. The van der Waals surface area contributed by atoms with Gasteiger partial charge >= 0.3 is 5.97 Å². The van der Waals surface area contributed by atoms with Gasteiger partial charge in [-0.2, -0.15) is 0 Å². The summed E-state index contributed by atoms with van der Waals surface area (Å²) >= 11 is 0.857. The zero-order valence-electron chi connectivity index (χ0n) is 8.71. The Kier molecular flexibility index (Phi) is 2.98. The van der Waals surface area contributed by atoms with Gasteiger partial charge in [0.25, 0.3) is 0 Å². The Hall–Kier alpha value is -0.960. The first-order valence-electron chi connectivity index (χ1n) is 4.86. The number of aliphatic hydroxyl groups is 1. The highest BCUT2D eigenvalue weighted by molar-refractivity contribution is 7.89. The topological polar surface area (TPSA) is 104 Å². The van der Waals surface area contributed by atoms with E-state index in [2.05, 4.69) is 4.72 Å². The van der Waals surface area contributed by atoms with Gasteiger partial charge in [-0.1, -0.05) is 0 Å². The minimum absolute atomic E-state index is 0.216. The monoisotopic (exact) mass is 277 g/mol. The zero-order chi connectivity index (χ0) is 12.7. The molecule has 1 heterocycles. The number of hydrogen-bond acceptors (Lipinski definition) is 5. The molecule has 1 aromatic heterocycles. The maximum atomic E-state index is 12.0. The van der Waals surface area contributed by atoms with Crippen LogP contribution in [0.15, 0.2) is 16.3 Å². The molecule has 0 spiro atoms. The summed E-state index contributed by atoms with van der Waals surface area (Å²) in [6, 6.07) is 1.25. The zero-order valence-corrected chi connectivity index (χ0v) is 10.3. The van der Waals surface area contributed by atoms with Crippen LogP contribution < -0.4 is 4.72 Å². The average molecular weight is 277 g/mol. The molecule has 1 aliphatic carbocycles. The maximum absolute atomic E-state index is 12.0. The first kappa shape index (κ1) is 12.5. The molecule has 1 aliphatic rings. The van der Waals surface area contributed by atoms with Crippen molar-refractivity contribution in [2.24, 2.45) is 0 Å². The summed E-state index contributed by atoms with van der Waals surface area (Å²) in [6.45, 7) is -0.279. The number of rotatable bonds is 5. The van der Waals surface area contributed by atoms with Gasteiger partial charge in [-0.05, 0) is 24.3 Å². The fraction of sp³-hybridized carbons (Fsp3) is 0.444. The van der Waals surface area contributed by atoms with Crippen molar-refractivity contribution in [1.82, 2.24) is 4.72 Å². The van der Waals surface area contributed by atoms with Crippen LogP contribution in [0, 0.1) is 0 Å². The van der Waals surface area contributed by atoms with E-state index in [1.165, 1.54) is 11.4 Å². The van der Waals surface area contributed by atoms with Crippen LogP contribution in [0.2, 0.25) is 0 Å². The minimum Gasteiger partial charge on any atom is -0.477 e. The van der Waals surface area contributed by atoms with Crippen LogP contribution in [0.1, 0.15) is 22.5 Å². The molecule has 3 N–H and O–H groups in total. The Morgan fingerprint density at radius 3 is 2.65 bits per heavy atom. The molecule has 94 valence electrons. The number of carboxylic acids is 1. The van der Waals surface area contributed by atoms with Crippen molar-refractivity contribution in [3.63, 3.8) is 0 Å². The van der Waals surface area contributed by atoms with Crippen molar-refractivity contribution >= 4 is 27.3 Å². The van der Waals surface area contributed by atoms with Crippen molar-refractivity contribution in [2.75, 3.05) is 6.61 Å². The summed E-state index contributed by atoms with van der Waals surface area (Å²) in [5.41, 5.74) is -0.795. The van der Waals surface area contributed by atoms with Crippen LogP contribution in [-0.4, -0.2) is 36.7 Å². The second-order valence-electron chi connectivity index (χ2n) is 3.96. The Balaban J connectivity index is 2.32. The smallest absolute Gasteiger partial charge is 0.347 e. The SMILES string of the molecule is O=C(O)c1sccc1S(=O)(=O)NC1(CO)CC1. The van der Waals surface area contributed by atoms with Crippen molar-refractivity contribution in [2.45, 2.75) is 23.3 Å². The van der Waals surface area contributed by atoms with Crippen LogP contribution in [-0.2, 0) is 10.0 Å². The van der Waals surface area contributed by atoms with Gasteiger partial charge in [-0.25, -0.2) is 17.9 Å². The quantitative estimate of drug-likeness (QED) is 0.715. The van der Waals surface area contributed by atoms with E-state index < -0.39 is 21.5 Å². The lowest BCUT2D eigenvalue weighted by Gasteiger charge is -2.14. The number of aliphatic hydroxyl groups excluding tert-OH is 1. The Bertz CT molecular complexity index is 543. The lowest BCUT2D eigenvalue weighted by molar-refractivity contribution is 0.0698. The predicted molar refractivity (Wildman–Crippen MR) is 60.7 cm³/mol. The molecule has 1 fully saturated rings. The second kappa shape index (κ2) is 4.05. The average Bonchev–Trinajstić information content (AvgIpc) is 2.82. The van der Waals surface area contributed by atoms with Gasteiger partial charge in [0.2, 0.25) is 10.0 Å². The highest BCUT2D eigenvalue weighted by Crippen LogP contribution is 2.36. The molecule has 0 atom stereocenters. The molecule has 17 heavy (non-hydrogen) atoms. The lowest BCUT2D eigenvalue weighted by atomic mass is 10.3. The van der Waals surface area contributed by atoms with Crippen LogP contribution in [0.25, 0.3) is 0 Å². The fourth-order valence-corrected chi connectivity index (χ4v) is 4.16. The summed E-state index contributed by atoms with van der Waals surface area (Å²) in [5.74, 6) is -1.27. The lowest BCUT2D eigenvalue weighted by Crippen LogP contribution is -2.39. The molecule has 0 saturated heterocycles. The van der Waals surface area contributed by atoms with E-state index in [1.807, 2.05) is 0 Å². The molecule has 0 bridgehead atoms. The van der Waals surface area contributed by atoms with Gasteiger partial charge in [0.1, 0.15) is 9.77 Å². The van der Waals surface area contributed by atoms with Crippen molar-refractivity contribution < 1.29 is 23.4 Å². The number of thiophene rings is 1. The van der Waals surface area contributed by atoms with Crippen LogP contribution in [0.4, 0.5) is 0 Å². The van der Waals surface area contributed by atoms with Gasteiger partial charge in [0.15, 0.2) is 0 Å². The minimum atomic E-state index is -3.88. The van der Waals surface area contributed by atoms with Crippen LogP contribution in [0.5, 0.6) is 0 Å². The molecule has 0 radical (unpaired) electrons. The molecule has 0 aliphatic heterocycles. The van der Waals surface area contributed by atoms with Gasteiger partial charge in [0, 0.05) is 0 Å². The Morgan fingerprint density at radius 1 is 1.53 bits per heavy atom. The normalized spacial score (nSPS) is 17.9. The molecule has 1 aromatic rings. The summed E-state index contributed by atoms with van der Waals surface area (Å²) in [4.78, 5) is 10.4. The van der Waals surface area contributed by atoms with Crippen LogP contribution >= 0.6 is 11.3 Å². The van der Waals surface area contributed by atoms with Crippen molar-refractivity contribution in [1.29, 1.82) is 0 Å². The molecule has 0 aromatic carbocycles. The van der Waals surface area contributed by atoms with Gasteiger partial charge in [-0.15, -0.1) is 11.3 Å². The van der Waals surface area contributed by atoms with Gasteiger partial charge < -0.3 is 10.2 Å². The number of sulfonamides is 1. The number of carbonyl (C=O) groups is 1. The molecular weight excluding hydrogens is 266 g/mol. The number of hydrogen-bond donors (Lipinski definition) is 3. The molecule has 0 unspecified atom stereocenters. The first-order valence-corrected chi connectivity index (χ1v) is 7.22. The highest BCUT2D eigenvalue weighted by Gasteiger charge is 2.46. The predicted octanol–water partition coefficient (Wildman–Crippen LogP) is 0.249. The van der Waals surface area contributed by atoms with Crippen molar-refractivity contribution in [3.8, 4) is 0 Å². The number of carboxylic acid groups (broad SMARTS) is 1. The fourth-order valence-electron chi connectivity index (χ4n) is 1.45. The van der Waals surface area contributed by atoms with E-state index in [4.69, 9.17) is 10.2 Å². The van der Waals surface area contributed by atoms with E-state index in [9.17, 15) is 13.2 Å². The number of nitrogens with one attached hydrogen (secondary N) is 1. The third kappa shape index (κ3) is 2.34. The molecular formula is C9H11NO5S2. The summed E-state index contributed by atoms with van der Waals surface area (Å²) < 4.78 is 26.3. The maximum Gasteiger partial charge on any atom is 0.347 e. The third-order valence-corrected chi connectivity index (χ3v) is 5.27. The van der Waals surface area contributed by atoms with E-state index >= 15 is 0 Å². The van der Waals surface area contributed by atoms with E-state index in [-0.39, 0.29) is 16.4 Å². The standard InChI is InChI=1S/C9H11NO5S2/c11-5-9(2-3-9)10-17(14,15)6-1-4-16-7(6)8(12)13/h1,4,10-11H,2-3,5H2,(H,12,13). The first-order chi connectivity index (χ1) is 7.90. The third-order valence-electron chi connectivity index (χ3n) is 2.62. The largest absolute Gasteiger partial charge is 0.477 e. The number of aromatic carboxylic acids is 1. The summed E-state index contributed by atoms with van der Waals surface area (Å²) in [5, 5.41) is 19.3. The van der Waals surface area contributed by atoms with Gasteiger partial charge in [-0.3, -0.25) is 0 Å². The van der Waals surface area contributed by atoms with E-state index in [0.717, 1.165) is 11.3 Å².